The van der Waals surface area contributed by atoms with Crippen LogP contribution in [0.4, 0.5) is 5.69 Å². The van der Waals surface area contributed by atoms with E-state index < -0.39 is 0 Å². The van der Waals surface area contributed by atoms with E-state index in [1.54, 1.807) is 11.3 Å². The highest BCUT2D eigenvalue weighted by molar-refractivity contribution is 9.10. The van der Waals surface area contributed by atoms with E-state index in [-0.39, 0.29) is 0 Å². The Morgan fingerprint density at radius 2 is 2.15 bits per heavy atom. The van der Waals surface area contributed by atoms with E-state index in [0.29, 0.717) is 0 Å². The van der Waals surface area contributed by atoms with Crippen LogP contribution < -0.4 is 5.73 Å². The van der Waals surface area contributed by atoms with E-state index in [0.717, 1.165) is 15.5 Å². The van der Waals surface area contributed by atoms with E-state index in [2.05, 4.69) is 37.2 Å². The second kappa shape index (κ2) is 3.59. The number of hydrogen-bond donors (Lipinski definition) is 1. The molecule has 0 aliphatic heterocycles. The van der Waals surface area contributed by atoms with Crippen molar-refractivity contribution < 1.29 is 0 Å². The number of benzene rings is 1. The van der Waals surface area contributed by atoms with Gasteiger partial charge in [-0.25, -0.2) is 0 Å². The Morgan fingerprint density at radius 3 is 2.85 bits per heavy atom. The fraction of sp³-hybridized carbons (Fsp3) is 0.111. The van der Waals surface area contributed by atoms with Gasteiger partial charge in [-0.1, -0.05) is 15.9 Å². The predicted octanol–water partition coefficient (Wildman–Crippen LogP) is 4.14. The van der Waals surface area contributed by atoms with Crippen molar-refractivity contribution in [2.75, 3.05) is 5.73 Å². The van der Waals surface area contributed by atoms with Gasteiger partial charge in [-0.15, -0.1) is 11.3 Å². The second-order valence-corrected chi connectivity index (χ2v) is 5.07. The van der Waals surface area contributed by atoms with Crippen LogP contribution in [-0.4, -0.2) is 0 Å². The average Bonchev–Trinajstić information content (AvgIpc) is 2.47. The fourth-order valence-corrected chi connectivity index (χ4v) is 3.67. The molecule has 1 nitrogen and oxygen atoms in total. The van der Waals surface area contributed by atoms with Crippen molar-refractivity contribution >= 4 is 59.0 Å². The third-order valence-electron chi connectivity index (χ3n) is 1.87. The Bertz CT molecular complexity index is 450. The van der Waals surface area contributed by atoms with Gasteiger partial charge in [-0.3, -0.25) is 0 Å². The number of fused-ring (bicyclic) bond motifs is 1. The first kappa shape index (κ1) is 9.49. The van der Waals surface area contributed by atoms with Crippen LogP contribution in [0.5, 0.6) is 0 Å². The van der Waals surface area contributed by atoms with Gasteiger partial charge in [0.1, 0.15) is 0 Å². The SMILES string of the molecule is Nc1cc(Br)c2scc(CBr)c2c1. The zero-order chi connectivity index (χ0) is 9.42. The molecule has 1 aromatic heterocycles. The molecule has 2 N–H and O–H groups in total. The lowest BCUT2D eigenvalue weighted by Gasteiger charge is -1.98. The lowest BCUT2D eigenvalue weighted by Crippen LogP contribution is -1.84. The summed E-state index contributed by atoms with van der Waals surface area (Å²) in [6, 6.07) is 3.96. The van der Waals surface area contributed by atoms with E-state index in [1.807, 2.05) is 12.1 Å². The highest BCUT2D eigenvalue weighted by Crippen LogP contribution is 2.35. The third kappa shape index (κ3) is 1.63. The van der Waals surface area contributed by atoms with Crippen LogP contribution in [-0.2, 0) is 5.33 Å². The van der Waals surface area contributed by atoms with Gasteiger partial charge in [-0.2, -0.15) is 0 Å². The summed E-state index contributed by atoms with van der Waals surface area (Å²) in [5.74, 6) is 0. The summed E-state index contributed by atoms with van der Waals surface area (Å²) >= 11 is 8.70. The minimum Gasteiger partial charge on any atom is -0.399 e. The van der Waals surface area contributed by atoms with E-state index in [4.69, 9.17) is 5.73 Å². The zero-order valence-corrected chi connectivity index (χ0v) is 10.7. The van der Waals surface area contributed by atoms with E-state index in [9.17, 15) is 0 Å². The van der Waals surface area contributed by atoms with Crippen molar-refractivity contribution in [2.24, 2.45) is 0 Å². The first-order valence-corrected chi connectivity index (χ1v) is 6.53. The van der Waals surface area contributed by atoms with Gasteiger partial charge in [-0.05, 0) is 44.4 Å². The van der Waals surface area contributed by atoms with Crippen molar-refractivity contribution in [2.45, 2.75) is 5.33 Å². The van der Waals surface area contributed by atoms with Gasteiger partial charge in [0.05, 0.1) is 0 Å². The van der Waals surface area contributed by atoms with Gasteiger partial charge in [0.2, 0.25) is 0 Å². The highest BCUT2D eigenvalue weighted by Gasteiger charge is 2.06. The second-order valence-electron chi connectivity index (χ2n) is 2.77. The number of nitrogens with two attached hydrogens (primary N) is 1. The maximum absolute atomic E-state index is 5.77. The van der Waals surface area contributed by atoms with Crippen LogP contribution in [0.15, 0.2) is 22.0 Å². The Labute approximate surface area is 97.2 Å². The lowest BCUT2D eigenvalue weighted by atomic mass is 10.2. The molecule has 0 radical (unpaired) electrons. The summed E-state index contributed by atoms with van der Waals surface area (Å²) in [7, 11) is 0. The number of thiophene rings is 1. The number of hydrogen-bond acceptors (Lipinski definition) is 2. The number of alkyl halides is 1. The molecule has 0 fully saturated rings. The van der Waals surface area contributed by atoms with Crippen LogP contribution in [0, 0.1) is 0 Å². The molecule has 1 aromatic carbocycles. The molecule has 0 saturated carbocycles. The molecule has 2 rings (SSSR count). The standard InChI is InChI=1S/C9H7Br2NS/c10-3-5-4-13-9-7(5)1-6(12)2-8(9)11/h1-2,4H,3,12H2. The molecule has 0 amide bonds. The van der Waals surface area contributed by atoms with Crippen LogP contribution in [0.2, 0.25) is 0 Å². The van der Waals surface area contributed by atoms with E-state index in [1.165, 1.54) is 15.6 Å². The minimum atomic E-state index is 0.806. The quantitative estimate of drug-likeness (QED) is 0.620. The molecule has 68 valence electrons. The number of halogens is 2. The molecule has 0 bridgehead atoms. The maximum atomic E-state index is 5.77. The molecule has 2 aromatic rings. The first-order valence-electron chi connectivity index (χ1n) is 3.73. The molecule has 13 heavy (non-hydrogen) atoms. The van der Waals surface area contributed by atoms with E-state index >= 15 is 0 Å². The first-order chi connectivity index (χ1) is 6.22. The number of anilines is 1. The van der Waals surface area contributed by atoms with Crippen LogP contribution in [0.25, 0.3) is 10.1 Å². The topological polar surface area (TPSA) is 26.0 Å². The number of nitrogen functional groups attached to an aromatic ring is 1. The molecular weight excluding hydrogens is 314 g/mol. The zero-order valence-electron chi connectivity index (χ0n) is 6.68. The summed E-state index contributed by atoms with van der Waals surface area (Å²) in [6.45, 7) is 0. The van der Waals surface area contributed by atoms with Gasteiger partial charge in [0.25, 0.3) is 0 Å². The molecule has 0 unspecified atom stereocenters. The molecule has 0 aliphatic rings. The molecule has 0 spiro atoms. The molecular formula is C9H7Br2NS. The average molecular weight is 321 g/mol. The van der Waals surface area contributed by atoms with Gasteiger partial charge < -0.3 is 5.73 Å². The molecule has 0 saturated heterocycles. The third-order valence-corrected chi connectivity index (χ3v) is 4.44. The van der Waals surface area contributed by atoms with Crippen LogP contribution in [0.1, 0.15) is 5.56 Å². The van der Waals surface area contributed by atoms with Crippen molar-refractivity contribution in [3.05, 3.63) is 27.5 Å². The summed E-state index contributed by atoms with van der Waals surface area (Å²) in [6.07, 6.45) is 0. The lowest BCUT2D eigenvalue weighted by molar-refractivity contribution is 1.54. The molecule has 4 heteroatoms. The van der Waals surface area contributed by atoms with Crippen LogP contribution >= 0.6 is 43.2 Å². The summed E-state index contributed by atoms with van der Waals surface area (Å²) < 4.78 is 2.35. The monoisotopic (exact) mass is 319 g/mol. The van der Waals surface area contributed by atoms with Crippen LogP contribution in [0.3, 0.4) is 0 Å². The smallest absolute Gasteiger partial charge is 0.0489 e. The van der Waals surface area contributed by atoms with Crippen molar-refractivity contribution in [3.8, 4) is 0 Å². The van der Waals surface area contributed by atoms with Crippen molar-refractivity contribution in [3.63, 3.8) is 0 Å². The normalized spacial score (nSPS) is 10.9. The Kier molecular flexibility index (Phi) is 2.62. The Balaban J connectivity index is 2.82. The summed E-state index contributed by atoms with van der Waals surface area (Å²) in [4.78, 5) is 0. The molecule has 0 atom stereocenters. The van der Waals surface area contributed by atoms with Gasteiger partial charge in [0.15, 0.2) is 0 Å². The Hall–Kier alpha value is -0.0600. The van der Waals surface area contributed by atoms with Crippen molar-refractivity contribution in [1.82, 2.24) is 0 Å². The van der Waals surface area contributed by atoms with Crippen molar-refractivity contribution in [1.29, 1.82) is 0 Å². The Morgan fingerprint density at radius 1 is 1.38 bits per heavy atom. The molecule has 0 aliphatic carbocycles. The largest absolute Gasteiger partial charge is 0.399 e. The van der Waals surface area contributed by atoms with Gasteiger partial charge >= 0.3 is 0 Å². The maximum Gasteiger partial charge on any atom is 0.0489 e. The predicted molar refractivity (Wildman–Crippen MR) is 66.6 cm³/mol. The minimum absolute atomic E-state index is 0.806. The summed E-state index contributed by atoms with van der Waals surface area (Å²) in [5.41, 5.74) is 7.87. The highest BCUT2D eigenvalue weighted by atomic mass is 79.9. The molecule has 1 heterocycles. The number of rotatable bonds is 1. The van der Waals surface area contributed by atoms with Gasteiger partial charge in [0, 0.05) is 20.2 Å². The fourth-order valence-electron chi connectivity index (χ4n) is 1.27. The summed E-state index contributed by atoms with van der Waals surface area (Å²) in [5, 5.41) is 4.28.